The van der Waals surface area contributed by atoms with Gasteiger partial charge in [-0.15, -0.1) is 0 Å². The van der Waals surface area contributed by atoms with E-state index in [1.54, 1.807) is 12.1 Å². The third-order valence-electron chi connectivity index (χ3n) is 5.02. The molecular formula is C19H22N4O9. The minimum absolute atomic E-state index is 0.0276. The van der Waals surface area contributed by atoms with Gasteiger partial charge in [0.15, 0.2) is 12.3 Å². The van der Waals surface area contributed by atoms with Crippen LogP contribution in [0.4, 0.5) is 0 Å². The number of aliphatic carboxylic acids is 1. The predicted octanol–water partition coefficient (Wildman–Crippen LogP) is -3.00. The smallest absolute Gasteiger partial charge is 0.330 e. The molecule has 0 aliphatic carbocycles. The summed E-state index contributed by atoms with van der Waals surface area (Å²) in [5.41, 5.74) is 4.82. The van der Waals surface area contributed by atoms with Crippen LogP contribution in [-0.4, -0.2) is 72.2 Å². The molecule has 1 amide bonds. The zero-order valence-electron chi connectivity index (χ0n) is 16.5. The molecule has 13 nitrogen and oxygen atoms in total. The number of rotatable bonds is 7. The molecular weight excluding hydrogens is 428 g/mol. The first-order chi connectivity index (χ1) is 15.1. The number of phenolic OH excluding ortho intramolecular Hbond substituents is 1. The summed E-state index contributed by atoms with van der Waals surface area (Å²) < 4.78 is 6.19. The lowest BCUT2D eigenvalue weighted by Gasteiger charge is -2.24. The number of carboxylic acid groups (broad SMARTS) is 1. The number of aromatic nitrogens is 2. The lowest BCUT2D eigenvalue weighted by Crippen LogP contribution is -2.56. The third kappa shape index (κ3) is 4.86. The first-order valence-corrected chi connectivity index (χ1v) is 9.48. The number of hydrogen-bond donors (Lipinski definition) is 7. The number of nitrogens with zero attached hydrogens (tertiary/aromatic N) is 1. The number of aliphatic hydroxyl groups is 2. The van der Waals surface area contributed by atoms with E-state index in [1.807, 2.05) is 4.98 Å². The van der Waals surface area contributed by atoms with Crippen molar-refractivity contribution in [1.29, 1.82) is 0 Å². The van der Waals surface area contributed by atoms with Gasteiger partial charge in [-0.05, 0) is 24.1 Å². The van der Waals surface area contributed by atoms with Crippen LogP contribution in [0.3, 0.4) is 0 Å². The number of aromatic amines is 1. The molecule has 0 unspecified atom stereocenters. The zero-order valence-corrected chi connectivity index (χ0v) is 16.5. The maximum atomic E-state index is 12.5. The van der Waals surface area contributed by atoms with Gasteiger partial charge in [0.1, 0.15) is 24.1 Å². The molecule has 1 aliphatic rings. The Morgan fingerprint density at radius 3 is 2.41 bits per heavy atom. The summed E-state index contributed by atoms with van der Waals surface area (Å²) in [7, 11) is 0. The lowest BCUT2D eigenvalue weighted by molar-refractivity contribution is -0.149. The van der Waals surface area contributed by atoms with Gasteiger partial charge in [0.2, 0.25) is 5.91 Å². The number of H-pyrrole nitrogens is 1. The lowest BCUT2D eigenvalue weighted by atomic mass is 10.0. The van der Waals surface area contributed by atoms with Gasteiger partial charge in [-0.1, -0.05) is 12.1 Å². The number of nitrogens with one attached hydrogen (secondary N) is 2. The summed E-state index contributed by atoms with van der Waals surface area (Å²) in [6, 6.07) is 3.92. The first kappa shape index (κ1) is 23.1. The summed E-state index contributed by atoms with van der Waals surface area (Å²) in [6.07, 6.45) is -5.60. The molecule has 1 saturated heterocycles. The van der Waals surface area contributed by atoms with E-state index in [1.165, 1.54) is 12.1 Å². The molecule has 13 heteroatoms. The minimum Gasteiger partial charge on any atom is -0.508 e. The summed E-state index contributed by atoms with van der Waals surface area (Å²) in [6.45, 7) is 0. The molecule has 0 spiro atoms. The van der Waals surface area contributed by atoms with Gasteiger partial charge in [-0.25, -0.2) is 9.59 Å². The van der Waals surface area contributed by atoms with E-state index in [9.17, 15) is 39.6 Å². The maximum Gasteiger partial charge on any atom is 0.330 e. The monoisotopic (exact) mass is 450 g/mol. The van der Waals surface area contributed by atoms with E-state index in [0.29, 0.717) is 5.56 Å². The first-order valence-electron chi connectivity index (χ1n) is 9.48. The number of carbonyl (C=O) groups excluding carboxylic acids is 1. The van der Waals surface area contributed by atoms with Gasteiger partial charge < -0.3 is 36.2 Å². The van der Waals surface area contributed by atoms with Gasteiger partial charge in [0.25, 0.3) is 5.56 Å². The molecule has 1 fully saturated rings. The fraction of sp³-hybridized carbons (Fsp3) is 0.368. The van der Waals surface area contributed by atoms with E-state index >= 15 is 0 Å². The van der Waals surface area contributed by atoms with Crippen LogP contribution in [0.5, 0.6) is 5.75 Å². The van der Waals surface area contributed by atoms with Crippen LogP contribution in [0.1, 0.15) is 11.8 Å². The van der Waals surface area contributed by atoms with Crippen LogP contribution in [0.25, 0.3) is 0 Å². The van der Waals surface area contributed by atoms with E-state index in [4.69, 9.17) is 10.5 Å². The number of ether oxygens (including phenoxy) is 1. The Hall–Kier alpha value is -3.52. The second-order valence-electron chi connectivity index (χ2n) is 7.29. The third-order valence-corrected chi connectivity index (χ3v) is 5.02. The van der Waals surface area contributed by atoms with Crippen molar-refractivity contribution in [2.24, 2.45) is 5.73 Å². The molecule has 2 aromatic rings. The van der Waals surface area contributed by atoms with Crippen molar-refractivity contribution >= 4 is 11.9 Å². The molecule has 0 bridgehead atoms. The largest absolute Gasteiger partial charge is 0.508 e. The number of amides is 1. The van der Waals surface area contributed by atoms with Crippen molar-refractivity contribution in [3.8, 4) is 5.75 Å². The molecule has 0 saturated carbocycles. The molecule has 172 valence electrons. The van der Waals surface area contributed by atoms with Crippen molar-refractivity contribution in [1.82, 2.24) is 14.9 Å². The highest BCUT2D eigenvalue weighted by molar-refractivity contribution is 5.87. The van der Waals surface area contributed by atoms with Crippen LogP contribution in [0.15, 0.2) is 46.1 Å². The van der Waals surface area contributed by atoms with E-state index < -0.39 is 59.7 Å². The fourth-order valence-electron chi connectivity index (χ4n) is 3.34. The van der Waals surface area contributed by atoms with Gasteiger partial charge in [-0.2, -0.15) is 0 Å². The molecule has 8 N–H and O–H groups in total. The summed E-state index contributed by atoms with van der Waals surface area (Å²) >= 11 is 0. The van der Waals surface area contributed by atoms with E-state index in [-0.39, 0.29) is 12.2 Å². The number of aromatic hydroxyl groups is 1. The van der Waals surface area contributed by atoms with E-state index in [2.05, 4.69) is 5.32 Å². The van der Waals surface area contributed by atoms with Crippen LogP contribution in [0, 0.1) is 0 Å². The molecule has 1 aliphatic heterocycles. The molecule has 3 rings (SSSR count). The second kappa shape index (κ2) is 9.32. The van der Waals surface area contributed by atoms with Crippen molar-refractivity contribution in [3.05, 3.63) is 62.9 Å². The Balaban J connectivity index is 1.75. The van der Waals surface area contributed by atoms with Crippen LogP contribution in [-0.2, 0) is 20.7 Å². The predicted molar refractivity (Wildman–Crippen MR) is 107 cm³/mol. The molecule has 1 aromatic carbocycles. The summed E-state index contributed by atoms with van der Waals surface area (Å²) in [5, 5.41) is 41.7. The molecule has 2 heterocycles. The quantitative estimate of drug-likeness (QED) is 0.227. The van der Waals surface area contributed by atoms with Crippen molar-refractivity contribution in [3.63, 3.8) is 0 Å². The number of carboxylic acids is 1. The van der Waals surface area contributed by atoms with Crippen molar-refractivity contribution in [2.45, 2.75) is 43.0 Å². The molecule has 32 heavy (non-hydrogen) atoms. The second-order valence-corrected chi connectivity index (χ2v) is 7.29. The van der Waals surface area contributed by atoms with Gasteiger partial charge in [-0.3, -0.25) is 19.1 Å². The highest BCUT2D eigenvalue weighted by Crippen LogP contribution is 2.30. The highest BCUT2D eigenvalue weighted by Gasteiger charge is 2.50. The zero-order chi connectivity index (χ0) is 23.6. The van der Waals surface area contributed by atoms with E-state index in [0.717, 1.165) is 16.8 Å². The Kier molecular flexibility index (Phi) is 6.74. The topological polar surface area (TPSA) is 217 Å². The normalized spacial score (nSPS) is 24.6. The Labute approximate surface area is 179 Å². The van der Waals surface area contributed by atoms with Gasteiger partial charge >= 0.3 is 11.7 Å². The maximum absolute atomic E-state index is 12.5. The summed E-state index contributed by atoms with van der Waals surface area (Å²) in [5.74, 6) is -2.40. The number of carbonyl (C=O) groups is 2. The standard InChI is InChI=1S/C19H22N4O9/c20-10(7-8-1-3-9(24)4-2-8)16(28)22-12(18(29)30)15-13(26)14(27)17(32-15)23-6-5-11(25)21-19(23)31/h1-6,10,12-15,17,24,26-27H,7,20H2,(H,22,28)(H,29,30)(H,21,25,31)/t10-,12-,13-,14+,15+,17+/m0/s1. The Morgan fingerprint density at radius 1 is 1.16 bits per heavy atom. The van der Waals surface area contributed by atoms with Crippen LogP contribution >= 0.6 is 0 Å². The van der Waals surface area contributed by atoms with Crippen LogP contribution in [0.2, 0.25) is 0 Å². The molecule has 6 atom stereocenters. The average Bonchev–Trinajstić information content (AvgIpc) is 3.02. The summed E-state index contributed by atoms with van der Waals surface area (Å²) in [4.78, 5) is 49.4. The number of phenols is 1. The van der Waals surface area contributed by atoms with Crippen LogP contribution < -0.4 is 22.3 Å². The van der Waals surface area contributed by atoms with Crippen molar-refractivity contribution in [2.75, 3.05) is 0 Å². The van der Waals surface area contributed by atoms with Gasteiger partial charge in [0.05, 0.1) is 6.04 Å². The minimum atomic E-state index is -1.80. The van der Waals surface area contributed by atoms with Crippen molar-refractivity contribution < 1.29 is 34.8 Å². The Morgan fingerprint density at radius 2 is 1.81 bits per heavy atom. The highest BCUT2D eigenvalue weighted by atomic mass is 16.6. The van der Waals surface area contributed by atoms with Gasteiger partial charge in [0, 0.05) is 12.3 Å². The number of hydrogen-bond acceptors (Lipinski definition) is 9. The fourth-order valence-corrected chi connectivity index (χ4v) is 3.34. The number of aliphatic hydroxyl groups excluding tert-OH is 2. The number of nitrogens with two attached hydrogens (primary N) is 1. The Bertz CT molecular complexity index is 1100. The molecule has 1 aromatic heterocycles. The average molecular weight is 450 g/mol. The SMILES string of the molecule is N[C@@H](Cc1ccc(O)cc1)C(=O)N[C@H](C(=O)O)[C@H]1O[C@@H](n2ccc(=O)[nH]c2=O)[C@H](O)[C@@H]1O. The molecule has 0 radical (unpaired) electrons. The number of benzene rings is 1.